The highest BCUT2D eigenvalue weighted by Gasteiger charge is 2.31. The third kappa shape index (κ3) is 3.10. The number of thiophene rings is 1. The van der Waals surface area contributed by atoms with Crippen LogP contribution in [0, 0.1) is 0 Å². The van der Waals surface area contributed by atoms with Crippen LogP contribution in [-0.2, 0) is 4.79 Å². The van der Waals surface area contributed by atoms with Gasteiger partial charge in [-0.1, -0.05) is 6.07 Å². The van der Waals surface area contributed by atoms with Crippen LogP contribution >= 0.6 is 11.3 Å². The lowest BCUT2D eigenvalue weighted by molar-refractivity contribution is -0.119. The first-order chi connectivity index (χ1) is 8.58. The molecule has 2 heterocycles. The SMILES string of the molecule is CC(=O)NC1CCN(C(c2cccs2)C(C)N)C1. The van der Waals surface area contributed by atoms with Crippen molar-refractivity contribution in [1.29, 1.82) is 0 Å². The zero-order valence-electron chi connectivity index (χ0n) is 10.9. The molecular formula is C13H21N3OS. The molecule has 1 aliphatic rings. The van der Waals surface area contributed by atoms with Crippen LogP contribution in [0.1, 0.15) is 31.2 Å². The van der Waals surface area contributed by atoms with Crippen molar-refractivity contribution in [2.24, 2.45) is 5.73 Å². The van der Waals surface area contributed by atoms with E-state index in [9.17, 15) is 4.79 Å². The number of carbonyl (C=O) groups excluding carboxylic acids is 1. The Morgan fingerprint density at radius 1 is 1.67 bits per heavy atom. The molecule has 0 aromatic carbocycles. The molecule has 18 heavy (non-hydrogen) atoms. The molecule has 0 saturated carbocycles. The lowest BCUT2D eigenvalue weighted by Gasteiger charge is -2.30. The summed E-state index contributed by atoms with van der Waals surface area (Å²) in [7, 11) is 0. The molecule has 1 aromatic rings. The standard InChI is InChI=1S/C13H21N3OS/c1-9(14)13(12-4-3-7-18-12)16-6-5-11(8-16)15-10(2)17/h3-4,7,9,11,13H,5-6,8,14H2,1-2H3,(H,15,17). The van der Waals surface area contributed by atoms with Crippen LogP contribution < -0.4 is 11.1 Å². The number of hydrogen-bond donors (Lipinski definition) is 2. The summed E-state index contributed by atoms with van der Waals surface area (Å²) in [4.78, 5) is 14.8. The van der Waals surface area contributed by atoms with E-state index in [0.29, 0.717) is 0 Å². The predicted octanol–water partition coefficient (Wildman–Crippen LogP) is 1.35. The van der Waals surface area contributed by atoms with Crippen molar-refractivity contribution in [2.75, 3.05) is 13.1 Å². The maximum atomic E-state index is 11.1. The van der Waals surface area contributed by atoms with Crippen LogP contribution in [-0.4, -0.2) is 36.0 Å². The molecule has 5 heteroatoms. The van der Waals surface area contributed by atoms with Crippen molar-refractivity contribution in [1.82, 2.24) is 10.2 Å². The van der Waals surface area contributed by atoms with Crippen molar-refractivity contribution >= 4 is 17.2 Å². The largest absolute Gasteiger partial charge is 0.352 e. The number of hydrogen-bond acceptors (Lipinski definition) is 4. The normalized spacial score (nSPS) is 23.8. The van der Waals surface area contributed by atoms with E-state index in [1.165, 1.54) is 4.88 Å². The number of rotatable bonds is 4. The third-order valence-corrected chi connectivity index (χ3v) is 4.30. The van der Waals surface area contributed by atoms with E-state index >= 15 is 0 Å². The van der Waals surface area contributed by atoms with Gasteiger partial charge in [0.15, 0.2) is 0 Å². The number of nitrogens with one attached hydrogen (secondary N) is 1. The van der Waals surface area contributed by atoms with Gasteiger partial charge >= 0.3 is 0 Å². The van der Waals surface area contributed by atoms with Gasteiger partial charge in [0.1, 0.15) is 0 Å². The Morgan fingerprint density at radius 3 is 3.00 bits per heavy atom. The molecule has 0 bridgehead atoms. The van der Waals surface area contributed by atoms with E-state index in [-0.39, 0.29) is 24.0 Å². The average molecular weight is 267 g/mol. The summed E-state index contributed by atoms with van der Waals surface area (Å²) < 4.78 is 0. The first-order valence-electron chi connectivity index (χ1n) is 6.38. The molecule has 0 aliphatic carbocycles. The molecule has 1 fully saturated rings. The molecule has 2 rings (SSSR count). The van der Waals surface area contributed by atoms with E-state index in [1.807, 2.05) is 0 Å². The van der Waals surface area contributed by atoms with Crippen LogP contribution in [0.15, 0.2) is 17.5 Å². The Labute approximate surface area is 112 Å². The van der Waals surface area contributed by atoms with Gasteiger partial charge in [-0.2, -0.15) is 0 Å². The fraction of sp³-hybridized carbons (Fsp3) is 0.615. The smallest absolute Gasteiger partial charge is 0.217 e. The van der Waals surface area contributed by atoms with Gasteiger partial charge in [0.05, 0.1) is 6.04 Å². The minimum Gasteiger partial charge on any atom is -0.352 e. The molecule has 1 aliphatic heterocycles. The minimum atomic E-state index is 0.0512. The topological polar surface area (TPSA) is 58.4 Å². The van der Waals surface area contributed by atoms with E-state index in [4.69, 9.17) is 5.73 Å². The summed E-state index contributed by atoms with van der Waals surface area (Å²) in [5.41, 5.74) is 6.13. The molecule has 1 aromatic heterocycles. The van der Waals surface area contributed by atoms with Gasteiger partial charge in [0.25, 0.3) is 0 Å². The number of amides is 1. The van der Waals surface area contributed by atoms with Gasteiger partial charge in [-0.3, -0.25) is 9.69 Å². The van der Waals surface area contributed by atoms with E-state index in [0.717, 1.165) is 19.5 Å². The summed E-state index contributed by atoms with van der Waals surface area (Å²) >= 11 is 1.75. The molecule has 3 atom stereocenters. The zero-order chi connectivity index (χ0) is 13.1. The summed E-state index contributed by atoms with van der Waals surface area (Å²) in [6.45, 7) is 5.51. The predicted molar refractivity (Wildman–Crippen MR) is 74.5 cm³/mol. The Morgan fingerprint density at radius 2 is 2.44 bits per heavy atom. The molecular weight excluding hydrogens is 246 g/mol. The number of likely N-dealkylation sites (tertiary alicyclic amines) is 1. The Bertz CT molecular complexity index is 391. The molecule has 3 N–H and O–H groups in total. The fourth-order valence-electron chi connectivity index (χ4n) is 2.68. The molecule has 0 radical (unpaired) electrons. The molecule has 0 spiro atoms. The second-order valence-corrected chi connectivity index (χ2v) is 5.98. The molecule has 4 nitrogen and oxygen atoms in total. The van der Waals surface area contributed by atoms with Gasteiger partial charge in [-0.15, -0.1) is 11.3 Å². The quantitative estimate of drug-likeness (QED) is 0.865. The minimum absolute atomic E-state index is 0.0512. The lowest BCUT2D eigenvalue weighted by atomic mass is 10.1. The Hall–Kier alpha value is -0.910. The Balaban J connectivity index is 2.03. The monoisotopic (exact) mass is 267 g/mol. The number of nitrogens with two attached hydrogens (primary N) is 1. The maximum absolute atomic E-state index is 11.1. The van der Waals surface area contributed by atoms with Gasteiger partial charge in [-0.25, -0.2) is 0 Å². The number of carbonyl (C=O) groups is 1. The van der Waals surface area contributed by atoms with Crippen molar-refractivity contribution in [3.8, 4) is 0 Å². The zero-order valence-corrected chi connectivity index (χ0v) is 11.7. The van der Waals surface area contributed by atoms with Crippen LogP contribution in [0.3, 0.4) is 0 Å². The highest BCUT2D eigenvalue weighted by molar-refractivity contribution is 7.10. The molecule has 1 amide bonds. The van der Waals surface area contributed by atoms with Gasteiger partial charge in [-0.05, 0) is 24.8 Å². The van der Waals surface area contributed by atoms with Crippen molar-refractivity contribution in [2.45, 2.75) is 38.4 Å². The first kappa shape index (κ1) is 13.5. The average Bonchev–Trinajstić information content (AvgIpc) is 2.89. The number of nitrogens with zero attached hydrogens (tertiary/aromatic N) is 1. The summed E-state index contributed by atoms with van der Waals surface area (Å²) in [6, 6.07) is 4.84. The molecule has 1 saturated heterocycles. The fourth-order valence-corrected chi connectivity index (χ4v) is 3.65. The lowest BCUT2D eigenvalue weighted by Crippen LogP contribution is -2.41. The third-order valence-electron chi connectivity index (χ3n) is 3.35. The maximum Gasteiger partial charge on any atom is 0.217 e. The van der Waals surface area contributed by atoms with Crippen LogP contribution in [0.4, 0.5) is 0 Å². The van der Waals surface area contributed by atoms with Crippen LogP contribution in [0.5, 0.6) is 0 Å². The molecule has 3 unspecified atom stereocenters. The van der Waals surface area contributed by atoms with E-state index < -0.39 is 0 Å². The van der Waals surface area contributed by atoms with Crippen molar-refractivity contribution < 1.29 is 4.79 Å². The highest BCUT2D eigenvalue weighted by Crippen LogP contribution is 2.30. The van der Waals surface area contributed by atoms with Gasteiger partial charge < -0.3 is 11.1 Å². The Kier molecular flexibility index (Phi) is 4.37. The second kappa shape index (κ2) is 5.82. The summed E-state index contributed by atoms with van der Waals surface area (Å²) in [5, 5.41) is 5.08. The van der Waals surface area contributed by atoms with Crippen molar-refractivity contribution in [3.63, 3.8) is 0 Å². The molecule has 100 valence electrons. The van der Waals surface area contributed by atoms with Crippen LogP contribution in [0.2, 0.25) is 0 Å². The van der Waals surface area contributed by atoms with E-state index in [1.54, 1.807) is 18.3 Å². The summed E-state index contributed by atoms with van der Waals surface area (Å²) in [6.07, 6.45) is 1.01. The van der Waals surface area contributed by atoms with E-state index in [2.05, 4.69) is 34.7 Å². The second-order valence-electron chi connectivity index (χ2n) is 5.00. The summed E-state index contributed by atoms with van der Waals surface area (Å²) in [5.74, 6) is 0.0512. The van der Waals surface area contributed by atoms with Gasteiger partial charge in [0.2, 0.25) is 5.91 Å². The van der Waals surface area contributed by atoms with Crippen molar-refractivity contribution in [3.05, 3.63) is 22.4 Å². The highest BCUT2D eigenvalue weighted by atomic mass is 32.1. The van der Waals surface area contributed by atoms with Gasteiger partial charge in [0, 0.05) is 37.0 Å². The van der Waals surface area contributed by atoms with Crippen LogP contribution in [0.25, 0.3) is 0 Å². The first-order valence-corrected chi connectivity index (χ1v) is 7.26.